The Hall–Kier alpha value is -1.24. The third-order valence-corrected chi connectivity index (χ3v) is 3.13. The number of benzene rings is 1. The van der Waals surface area contributed by atoms with Gasteiger partial charge in [0.1, 0.15) is 5.75 Å². The number of guanidine groups is 1. The molecule has 1 aromatic carbocycles. The normalized spacial score (nSPS) is 17.4. The van der Waals surface area contributed by atoms with Gasteiger partial charge in [-0.05, 0) is 25.0 Å². The Balaban J connectivity index is 0.00000200. The van der Waals surface area contributed by atoms with E-state index >= 15 is 0 Å². The van der Waals surface area contributed by atoms with Crippen LogP contribution in [0.25, 0.3) is 0 Å². The third kappa shape index (κ3) is 4.70. The third-order valence-electron chi connectivity index (χ3n) is 3.13. The van der Waals surface area contributed by atoms with Crippen molar-refractivity contribution in [3.8, 4) is 5.75 Å². The van der Waals surface area contributed by atoms with Crippen LogP contribution >= 0.6 is 24.0 Å². The molecule has 3 N–H and O–H groups in total. The van der Waals surface area contributed by atoms with E-state index in [1.807, 2.05) is 25.1 Å². The van der Waals surface area contributed by atoms with Crippen molar-refractivity contribution in [2.24, 2.45) is 10.7 Å². The first-order chi connectivity index (χ1) is 9.16. The molecule has 0 radical (unpaired) electrons. The summed E-state index contributed by atoms with van der Waals surface area (Å²) in [7, 11) is 0. The molecule has 5 heteroatoms. The van der Waals surface area contributed by atoms with Crippen LogP contribution in [0.3, 0.4) is 0 Å². The highest BCUT2D eigenvalue weighted by molar-refractivity contribution is 14.0. The van der Waals surface area contributed by atoms with Gasteiger partial charge in [0, 0.05) is 12.5 Å². The summed E-state index contributed by atoms with van der Waals surface area (Å²) >= 11 is 0. The first-order valence-corrected chi connectivity index (χ1v) is 6.56. The molecular formula is C15H22IN3O. The molecule has 0 amide bonds. The number of nitrogens with zero attached hydrogens (tertiary/aromatic N) is 1. The lowest BCUT2D eigenvalue weighted by atomic mass is 9.93. The molecule has 2 rings (SSSR count). The second-order valence-corrected chi connectivity index (χ2v) is 4.91. The summed E-state index contributed by atoms with van der Waals surface area (Å²) in [5.74, 6) is 1.88. The van der Waals surface area contributed by atoms with Crippen molar-refractivity contribution in [3.05, 3.63) is 42.0 Å². The number of aliphatic imine (C=N–C) groups is 1. The van der Waals surface area contributed by atoms with Gasteiger partial charge >= 0.3 is 0 Å². The molecule has 1 aromatic rings. The molecule has 1 unspecified atom stereocenters. The molecular weight excluding hydrogens is 365 g/mol. The zero-order valence-electron chi connectivity index (χ0n) is 11.8. The smallest absolute Gasteiger partial charge is 0.188 e. The fourth-order valence-electron chi connectivity index (χ4n) is 2.13. The molecule has 0 saturated carbocycles. The monoisotopic (exact) mass is 387 g/mol. The highest BCUT2D eigenvalue weighted by Gasteiger charge is 2.20. The van der Waals surface area contributed by atoms with Crippen LogP contribution in [0.2, 0.25) is 0 Å². The minimum atomic E-state index is 0. The first-order valence-electron chi connectivity index (χ1n) is 6.56. The lowest BCUT2D eigenvalue weighted by molar-refractivity contribution is 0.267. The Bertz CT molecular complexity index is 488. The van der Waals surface area contributed by atoms with Gasteiger partial charge in [-0.25, -0.2) is 4.99 Å². The lowest BCUT2D eigenvalue weighted by Crippen LogP contribution is -2.36. The summed E-state index contributed by atoms with van der Waals surface area (Å²) in [6.07, 6.45) is 0.998. The molecule has 0 spiro atoms. The Morgan fingerprint density at radius 3 is 3.00 bits per heavy atom. The van der Waals surface area contributed by atoms with Gasteiger partial charge in [-0.15, -0.1) is 24.0 Å². The van der Waals surface area contributed by atoms with Crippen molar-refractivity contribution in [1.82, 2.24) is 5.32 Å². The van der Waals surface area contributed by atoms with Crippen LogP contribution in [-0.2, 0) is 0 Å². The number of hydrogen-bond donors (Lipinski definition) is 2. The quantitative estimate of drug-likeness (QED) is 0.362. The zero-order valence-corrected chi connectivity index (χ0v) is 14.1. The maximum absolute atomic E-state index is 5.83. The first kappa shape index (κ1) is 16.8. The van der Waals surface area contributed by atoms with E-state index in [1.165, 1.54) is 5.56 Å². The van der Waals surface area contributed by atoms with Gasteiger partial charge in [-0.2, -0.15) is 0 Å². The van der Waals surface area contributed by atoms with Crippen LogP contribution in [0.4, 0.5) is 0 Å². The number of halogens is 1. The molecule has 0 aromatic heterocycles. The molecule has 1 aliphatic rings. The molecule has 110 valence electrons. The summed E-state index contributed by atoms with van der Waals surface area (Å²) < 4.78 is 5.64. The maximum Gasteiger partial charge on any atom is 0.188 e. The van der Waals surface area contributed by atoms with Crippen LogP contribution in [0.15, 0.2) is 41.4 Å². The highest BCUT2D eigenvalue weighted by Crippen LogP contribution is 2.32. The molecule has 1 aliphatic heterocycles. The summed E-state index contributed by atoms with van der Waals surface area (Å²) in [6, 6.07) is 8.17. The molecule has 4 nitrogen and oxygen atoms in total. The van der Waals surface area contributed by atoms with E-state index in [1.54, 1.807) is 0 Å². The van der Waals surface area contributed by atoms with Gasteiger partial charge in [0.25, 0.3) is 0 Å². The molecule has 1 heterocycles. The predicted molar refractivity (Wildman–Crippen MR) is 94.0 cm³/mol. The van der Waals surface area contributed by atoms with Gasteiger partial charge in [-0.3, -0.25) is 0 Å². The standard InChI is InChI=1S/C15H21N3O.HI/c1-11(2)9-17-15(16)18-10-12-7-8-19-14-6-4-3-5-13(12)14;/h3-6,12H,1,7-10H2,2H3,(H3,16,17,18);1H. The van der Waals surface area contributed by atoms with E-state index < -0.39 is 0 Å². The van der Waals surface area contributed by atoms with Crippen molar-refractivity contribution in [2.75, 3.05) is 19.7 Å². The summed E-state index contributed by atoms with van der Waals surface area (Å²) in [4.78, 5) is 4.22. The van der Waals surface area contributed by atoms with Gasteiger partial charge in [0.05, 0.1) is 13.2 Å². The van der Waals surface area contributed by atoms with E-state index in [0.717, 1.165) is 30.9 Å². The van der Waals surface area contributed by atoms with Crippen LogP contribution in [0.5, 0.6) is 5.75 Å². The number of nitrogens with two attached hydrogens (primary N) is 1. The predicted octanol–water partition coefficient (Wildman–Crippen LogP) is 2.65. The highest BCUT2D eigenvalue weighted by atomic mass is 127. The van der Waals surface area contributed by atoms with Crippen LogP contribution in [0, 0.1) is 0 Å². The molecule has 0 fully saturated rings. The average molecular weight is 387 g/mol. The van der Waals surface area contributed by atoms with Crippen LogP contribution in [0.1, 0.15) is 24.8 Å². The molecule has 20 heavy (non-hydrogen) atoms. The van der Waals surface area contributed by atoms with Gasteiger partial charge in [-0.1, -0.05) is 30.4 Å². The largest absolute Gasteiger partial charge is 0.493 e. The van der Waals surface area contributed by atoms with E-state index in [2.05, 4.69) is 23.0 Å². The minimum absolute atomic E-state index is 0. The minimum Gasteiger partial charge on any atom is -0.493 e. The van der Waals surface area contributed by atoms with E-state index in [4.69, 9.17) is 10.5 Å². The number of rotatable bonds is 4. The topological polar surface area (TPSA) is 59.6 Å². The molecule has 0 bridgehead atoms. The number of para-hydroxylation sites is 1. The van der Waals surface area contributed by atoms with Gasteiger partial charge in [0.15, 0.2) is 5.96 Å². The Morgan fingerprint density at radius 2 is 2.25 bits per heavy atom. The fourth-order valence-corrected chi connectivity index (χ4v) is 2.13. The van der Waals surface area contributed by atoms with E-state index in [9.17, 15) is 0 Å². The second-order valence-electron chi connectivity index (χ2n) is 4.91. The molecule has 1 atom stereocenters. The number of fused-ring (bicyclic) bond motifs is 1. The van der Waals surface area contributed by atoms with Crippen molar-refractivity contribution in [2.45, 2.75) is 19.3 Å². The van der Waals surface area contributed by atoms with Gasteiger partial charge in [0.2, 0.25) is 0 Å². The number of ether oxygens (including phenoxy) is 1. The number of hydrogen-bond acceptors (Lipinski definition) is 2. The van der Waals surface area contributed by atoms with Crippen molar-refractivity contribution >= 4 is 29.9 Å². The van der Waals surface area contributed by atoms with Crippen molar-refractivity contribution in [3.63, 3.8) is 0 Å². The maximum atomic E-state index is 5.83. The van der Waals surface area contributed by atoms with Crippen molar-refractivity contribution < 1.29 is 4.74 Å². The van der Waals surface area contributed by atoms with Gasteiger partial charge < -0.3 is 15.8 Å². The average Bonchev–Trinajstić information content (AvgIpc) is 2.42. The number of nitrogens with one attached hydrogen (secondary N) is 1. The van der Waals surface area contributed by atoms with Crippen LogP contribution in [-0.4, -0.2) is 25.7 Å². The fraction of sp³-hybridized carbons (Fsp3) is 0.400. The van der Waals surface area contributed by atoms with Crippen molar-refractivity contribution in [1.29, 1.82) is 0 Å². The SMILES string of the molecule is C=C(C)CN=C(N)NCC1CCOc2ccccc21.I. The summed E-state index contributed by atoms with van der Waals surface area (Å²) in [5.41, 5.74) is 8.07. The molecule has 0 saturated heterocycles. The zero-order chi connectivity index (χ0) is 13.7. The Labute approximate surface area is 137 Å². The van der Waals surface area contributed by atoms with Crippen LogP contribution < -0.4 is 15.8 Å². The molecule has 0 aliphatic carbocycles. The van der Waals surface area contributed by atoms with E-state index in [0.29, 0.717) is 18.4 Å². The lowest BCUT2D eigenvalue weighted by Gasteiger charge is -2.26. The Morgan fingerprint density at radius 1 is 1.50 bits per heavy atom. The Kier molecular flexibility index (Phi) is 6.84. The summed E-state index contributed by atoms with van der Waals surface area (Å²) in [6.45, 7) is 7.85. The second kappa shape index (κ2) is 8.14. The summed E-state index contributed by atoms with van der Waals surface area (Å²) in [5, 5.41) is 3.18. The van der Waals surface area contributed by atoms with E-state index in [-0.39, 0.29) is 24.0 Å².